The van der Waals surface area contributed by atoms with E-state index in [2.05, 4.69) is 0 Å². The zero-order chi connectivity index (χ0) is 29.2. The molecule has 0 aromatic rings. The highest BCUT2D eigenvalue weighted by molar-refractivity contribution is 5.91. The van der Waals surface area contributed by atoms with Crippen LogP contribution in [0.1, 0.15) is 87.5 Å². The molecule has 2 fully saturated rings. The van der Waals surface area contributed by atoms with Gasteiger partial charge in [-0.15, -0.1) is 0 Å². The van der Waals surface area contributed by atoms with Crippen LogP contribution in [0.25, 0.3) is 0 Å². The number of aliphatic carboxylic acids is 3. The number of carboxylic acids is 3. The van der Waals surface area contributed by atoms with Crippen LogP contribution in [0.2, 0.25) is 0 Å². The number of rotatable bonds is 8. The number of carboxylic acid groups (broad SMARTS) is 3. The van der Waals surface area contributed by atoms with Gasteiger partial charge in [0.1, 0.15) is 11.1 Å². The Morgan fingerprint density at radius 2 is 1.14 bits per heavy atom. The molecule has 2 saturated heterocycles. The summed E-state index contributed by atoms with van der Waals surface area (Å²) in [4.78, 5) is 45.4. The second kappa shape index (κ2) is 9.15. The fourth-order valence-corrected chi connectivity index (χ4v) is 7.56. The van der Waals surface area contributed by atoms with Gasteiger partial charge in [-0.1, -0.05) is 0 Å². The van der Waals surface area contributed by atoms with E-state index < -0.39 is 75.0 Å². The van der Waals surface area contributed by atoms with Crippen molar-refractivity contribution in [3.8, 4) is 0 Å². The number of likely N-dealkylation sites (N-methyl/N-ethyl adjacent to an activating group) is 1. The van der Waals surface area contributed by atoms with Gasteiger partial charge in [0.15, 0.2) is 0 Å². The summed E-state index contributed by atoms with van der Waals surface area (Å²) < 4.78 is -0.806. The Bertz CT molecular complexity index is 906. The first-order valence-electron chi connectivity index (χ1n) is 12.8. The molecule has 37 heavy (non-hydrogen) atoms. The lowest BCUT2D eigenvalue weighted by atomic mass is 9.70. The smallest absolute Gasteiger partial charge is 0.366 e. The molecule has 0 aromatic carbocycles. The molecule has 0 spiro atoms. The third-order valence-electron chi connectivity index (χ3n) is 10.1. The largest absolute Gasteiger partial charge is 0.481 e. The van der Waals surface area contributed by atoms with Gasteiger partial charge < -0.3 is 30.0 Å². The van der Waals surface area contributed by atoms with Crippen LogP contribution in [0.15, 0.2) is 0 Å². The van der Waals surface area contributed by atoms with Crippen molar-refractivity contribution in [3.05, 3.63) is 0 Å². The highest BCUT2D eigenvalue weighted by Gasteiger charge is 2.75. The normalized spacial score (nSPS) is 36.6. The van der Waals surface area contributed by atoms with Crippen LogP contribution in [0.3, 0.4) is 0 Å². The molecule has 5 N–H and O–H groups in total. The second-order valence-electron chi connectivity index (χ2n) is 14.0. The van der Waals surface area contributed by atoms with Crippen molar-refractivity contribution in [2.24, 2.45) is 0 Å². The Hall–Kier alpha value is -1.79. The molecule has 0 aliphatic carbocycles. The van der Waals surface area contributed by atoms with Crippen molar-refractivity contribution in [2.75, 3.05) is 14.1 Å². The number of aliphatic hydroxyl groups excluding tert-OH is 2. The van der Waals surface area contributed by atoms with E-state index in [0.29, 0.717) is 0 Å². The minimum atomic E-state index is -2.70. The fourth-order valence-electron chi connectivity index (χ4n) is 7.56. The summed E-state index contributed by atoms with van der Waals surface area (Å²) in [7, 11) is 3.27. The predicted molar refractivity (Wildman–Crippen MR) is 134 cm³/mol. The lowest BCUT2D eigenvalue weighted by Crippen LogP contribution is -2.85. The van der Waals surface area contributed by atoms with Crippen molar-refractivity contribution in [1.29, 1.82) is 0 Å². The predicted octanol–water partition coefficient (Wildman–Crippen LogP) is 1.99. The molecule has 11 heteroatoms. The summed E-state index contributed by atoms with van der Waals surface area (Å²) in [6.45, 7) is 14.2. The van der Waals surface area contributed by atoms with E-state index in [1.807, 2.05) is 0 Å². The van der Waals surface area contributed by atoms with E-state index in [9.17, 15) is 39.9 Å². The number of likely N-dealkylation sites (tertiary alicyclic amines) is 2. The second-order valence-corrected chi connectivity index (χ2v) is 14.0. The number of aliphatic hydroxyl groups is 2. The number of quaternary nitrogens is 2. The van der Waals surface area contributed by atoms with Gasteiger partial charge in [-0.3, -0.25) is 4.79 Å². The minimum absolute atomic E-state index is 0.189. The van der Waals surface area contributed by atoms with Gasteiger partial charge in [-0.05, 0) is 55.4 Å². The molecule has 2 heterocycles. The van der Waals surface area contributed by atoms with E-state index in [4.69, 9.17) is 4.84 Å². The number of carbonyl (C=O) groups is 3. The zero-order valence-corrected chi connectivity index (χ0v) is 24.0. The summed E-state index contributed by atoms with van der Waals surface area (Å²) >= 11 is 0. The van der Waals surface area contributed by atoms with E-state index in [1.165, 1.54) is 0 Å². The third kappa shape index (κ3) is 4.67. The van der Waals surface area contributed by atoms with Crippen LogP contribution in [0, 0.1) is 0 Å². The summed E-state index contributed by atoms with van der Waals surface area (Å²) in [6.07, 6.45) is -1.67. The van der Waals surface area contributed by atoms with E-state index in [1.54, 1.807) is 69.5 Å². The molecule has 0 bridgehead atoms. The Labute approximate surface area is 219 Å². The Kier molecular flexibility index (Phi) is 7.77. The van der Waals surface area contributed by atoms with Crippen LogP contribution in [0.5, 0.6) is 0 Å². The van der Waals surface area contributed by atoms with Crippen molar-refractivity contribution in [3.63, 3.8) is 0 Å². The van der Waals surface area contributed by atoms with Crippen molar-refractivity contribution in [1.82, 2.24) is 0 Å². The maximum absolute atomic E-state index is 13.3. The number of hydrogen-bond donors (Lipinski definition) is 5. The summed E-state index contributed by atoms with van der Waals surface area (Å²) in [5.41, 5.74) is -6.42. The van der Waals surface area contributed by atoms with E-state index in [0.717, 1.165) is 0 Å². The molecule has 2 aliphatic rings. The first-order chi connectivity index (χ1) is 16.3. The Balaban J connectivity index is 2.97. The molecule has 11 nitrogen and oxygen atoms in total. The van der Waals surface area contributed by atoms with Crippen LogP contribution in [0.4, 0.5) is 0 Å². The van der Waals surface area contributed by atoms with Gasteiger partial charge in [0.25, 0.3) is 5.60 Å². The molecular formula is C26H48N2O9+2. The SMILES string of the molecule is CC1(C)CC(O)CC(C)(C)[N+]1(C)OC(CC(=O)O)(C(=O)O)C(C(=O)O)[N+]1(C)C(C)(C)CC(O)CC1(C)C. The lowest BCUT2D eigenvalue weighted by molar-refractivity contribution is -1.17. The topological polar surface area (TPSA) is 162 Å². The molecule has 2 aliphatic heterocycles. The molecule has 0 saturated carbocycles. The zero-order valence-electron chi connectivity index (χ0n) is 24.0. The van der Waals surface area contributed by atoms with Crippen LogP contribution in [-0.4, -0.2) is 113 Å². The number of nitrogens with zero attached hydrogens (tertiary/aromatic N) is 2. The van der Waals surface area contributed by atoms with Crippen molar-refractivity contribution >= 4 is 17.9 Å². The molecule has 2 unspecified atom stereocenters. The molecule has 2 rings (SSSR count). The van der Waals surface area contributed by atoms with E-state index in [-0.39, 0.29) is 30.2 Å². The standard InChI is InChI=1S/C26H46N2O9/c1-22(2)11-16(29)12-23(3,4)27(22,9)19(20(33)34)26(21(35)36,15-18(31)32)37-28(10)24(5,6)13-17(30)14-25(28,7)8/h16-17,19,29-30H,11-15H2,1-10H3,(H-2,31,32,33,34,35,36)/p+2. The highest BCUT2D eigenvalue weighted by Crippen LogP contribution is 2.53. The third-order valence-corrected chi connectivity index (χ3v) is 10.1. The maximum atomic E-state index is 13.3. The van der Waals surface area contributed by atoms with Crippen molar-refractivity contribution < 1.29 is 53.9 Å². The number of piperidine rings is 2. The van der Waals surface area contributed by atoms with Crippen LogP contribution >= 0.6 is 0 Å². The quantitative estimate of drug-likeness (QED) is 0.294. The summed E-state index contributed by atoms with van der Waals surface area (Å²) in [6, 6.07) is -1.85. The maximum Gasteiger partial charge on any atom is 0.366 e. The molecule has 2 atom stereocenters. The summed E-state index contributed by atoms with van der Waals surface area (Å²) in [5, 5.41) is 52.8. The van der Waals surface area contributed by atoms with Gasteiger partial charge in [0, 0.05) is 25.7 Å². The number of hydrogen-bond acceptors (Lipinski definition) is 6. The molecule has 0 radical (unpaired) electrons. The minimum Gasteiger partial charge on any atom is -0.481 e. The van der Waals surface area contributed by atoms with Gasteiger partial charge >= 0.3 is 17.9 Å². The highest BCUT2D eigenvalue weighted by atomic mass is 16.8. The van der Waals surface area contributed by atoms with Gasteiger partial charge in [0.2, 0.25) is 6.04 Å². The van der Waals surface area contributed by atoms with Gasteiger partial charge in [-0.2, -0.15) is 9.48 Å². The average Bonchev–Trinajstić information content (AvgIpc) is 2.62. The first kappa shape index (κ1) is 31.4. The lowest BCUT2D eigenvalue weighted by Gasteiger charge is -2.65. The molecule has 0 aromatic heterocycles. The monoisotopic (exact) mass is 532 g/mol. The Morgan fingerprint density at radius 1 is 0.784 bits per heavy atom. The van der Waals surface area contributed by atoms with Crippen LogP contribution < -0.4 is 0 Å². The molecule has 214 valence electrons. The van der Waals surface area contributed by atoms with Crippen molar-refractivity contribution in [2.45, 2.75) is 134 Å². The fraction of sp³-hybridized carbons (Fsp3) is 0.885. The van der Waals surface area contributed by atoms with Crippen LogP contribution in [-0.2, 0) is 19.2 Å². The molecule has 0 amide bonds. The summed E-state index contributed by atoms with van der Waals surface area (Å²) in [5.74, 6) is -4.69. The first-order valence-corrected chi connectivity index (χ1v) is 12.8. The number of hydroxylamine groups is 3. The van der Waals surface area contributed by atoms with Gasteiger partial charge in [-0.25, -0.2) is 9.59 Å². The molecular weight excluding hydrogens is 484 g/mol. The average molecular weight is 533 g/mol. The van der Waals surface area contributed by atoms with E-state index >= 15 is 0 Å². The Morgan fingerprint density at radius 3 is 1.43 bits per heavy atom. The van der Waals surface area contributed by atoms with Gasteiger partial charge in [0.05, 0.1) is 43.8 Å².